The van der Waals surface area contributed by atoms with Crippen LogP contribution in [0, 0.1) is 5.41 Å². The zero-order valence-electron chi connectivity index (χ0n) is 43.5. The highest BCUT2D eigenvalue weighted by Gasteiger charge is 2.57. The van der Waals surface area contributed by atoms with Gasteiger partial charge in [-0.25, -0.2) is 20.0 Å². The summed E-state index contributed by atoms with van der Waals surface area (Å²) in [5.74, 6) is -1.86. The summed E-state index contributed by atoms with van der Waals surface area (Å²) in [5.41, 5.74) is 3.02. The molecule has 3 aliphatic rings. The number of carbonyl (C=O) groups excluding carboxylic acids is 3. The molecule has 73 heavy (non-hydrogen) atoms. The van der Waals surface area contributed by atoms with Gasteiger partial charge in [0.05, 0.1) is 29.6 Å². The van der Waals surface area contributed by atoms with Crippen LogP contribution in [0.5, 0.6) is 0 Å². The number of nitrogens with one attached hydrogen (secondary N) is 2. The Hall–Kier alpha value is -5.55. The molecule has 3 amide bonds. The van der Waals surface area contributed by atoms with E-state index in [0.29, 0.717) is 60.2 Å². The molecule has 3 fully saturated rings. The predicted molar refractivity (Wildman–Crippen MR) is 268 cm³/mol. The van der Waals surface area contributed by atoms with Crippen LogP contribution in [0.3, 0.4) is 0 Å². The number of rotatable bonds is 17. The number of hydrogen-bond donors (Lipinski definition) is 4. The summed E-state index contributed by atoms with van der Waals surface area (Å²) in [6, 6.07) is 5.38. The number of alkyl carbamates (subject to hydrolysis) is 1. The van der Waals surface area contributed by atoms with E-state index in [9.17, 15) is 42.6 Å². The van der Waals surface area contributed by atoms with E-state index in [-0.39, 0.29) is 61.9 Å². The average molecular weight is 1040 g/mol. The molecule has 3 saturated heterocycles. The van der Waals surface area contributed by atoms with E-state index in [1.54, 1.807) is 69.1 Å². The highest BCUT2D eigenvalue weighted by Crippen LogP contribution is 2.46. The maximum Gasteiger partial charge on any atom is 0.410 e. The lowest BCUT2D eigenvalue weighted by molar-refractivity contribution is -0.150. The number of nitrogens with zero attached hydrogens (tertiary/aromatic N) is 6. The van der Waals surface area contributed by atoms with Crippen LogP contribution in [0.25, 0.3) is 33.4 Å². The number of aliphatic hydroxyl groups is 1. The van der Waals surface area contributed by atoms with Crippen LogP contribution in [0.4, 0.5) is 22.8 Å². The Morgan fingerprint density at radius 3 is 2.42 bits per heavy atom. The number of ether oxygens (including phenoxy) is 3. The van der Waals surface area contributed by atoms with Crippen molar-refractivity contribution in [3.05, 3.63) is 59.9 Å². The second kappa shape index (κ2) is 21.4. The zero-order valence-corrected chi connectivity index (χ0v) is 44.5. The van der Waals surface area contributed by atoms with Crippen molar-refractivity contribution in [3.8, 4) is 22.5 Å². The molecular formula is C51H71F3N8O10Si. The topological polar surface area (TPSA) is 214 Å². The van der Waals surface area contributed by atoms with Crippen molar-refractivity contribution in [3.63, 3.8) is 0 Å². The number of benzene rings is 1. The number of carboxylic acid groups (broad SMARTS) is 1. The number of aliphatic hydroxyl groups excluding tert-OH is 1. The first-order valence-electron chi connectivity index (χ1n) is 24.9. The first-order chi connectivity index (χ1) is 34.1. The van der Waals surface area contributed by atoms with Gasteiger partial charge in [-0.2, -0.15) is 13.2 Å². The predicted octanol–water partition coefficient (Wildman–Crippen LogP) is 8.33. The van der Waals surface area contributed by atoms with Crippen molar-refractivity contribution in [2.45, 2.75) is 147 Å². The van der Waals surface area contributed by atoms with Crippen LogP contribution in [0.2, 0.25) is 25.7 Å². The molecule has 1 aromatic carbocycles. The van der Waals surface area contributed by atoms with E-state index in [1.807, 2.05) is 18.7 Å². The molecule has 7 rings (SSSR count). The van der Waals surface area contributed by atoms with Crippen LogP contribution < -0.4 is 10.7 Å². The number of alkyl halides is 3. The van der Waals surface area contributed by atoms with Gasteiger partial charge in [0.15, 0.2) is 0 Å². The zero-order chi connectivity index (χ0) is 53.4. The molecule has 4 aromatic rings. The van der Waals surface area contributed by atoms with Gasteiger partial charge in [0.2, 0.25) is 5.89 Å². The van der Waals surface area contributed by atoms with E-state index < -0.39 is 85.6 Å². The van der Waals surface area contributed by atoms with E-state index in [0.717, 1.165) is 6.04 Å². The van der Waals surface area contributed by atoms with Crippen molar-refractivity contribution < 1.29 is 61.2 Å². The number of methoxy groups -OCH3 is 1. The Morgan fingerprint density at radius 2 is 1.78 bits per heavy atom. The SMILES string of the molecule is CO[C@@H](C)c1ncccc1-c1c(CC(C)(C)CO)c2cc(-c3coc([C@H]([C@H](NC(=O)OC(C)(C)C)C(=O)N4CCCC(C(=O)O)N4)N4CC5(CCCN5C(=O)OCC[Si](C)(C)C)C4)n3)ccc2n1CC(F)(F)F. The minimum absolute atomic E-state index is 0.0149. The number of amides is 3. The Labute approximate surface area is 424 Å². The molecule has 22 heteroatoms. The van der Waals surface area contributed by atoms with E-state index in [1.165, 1.54) is 22.9 Å². The number of aliphatic carboxylic acids is 1. The second-order valence-corrected chi connectivity index (χ2v) is 28.3. The molecule has 4 N–H and O–H groups in total. The van der Waals surface area contributed by atoms with Gasteiger partial charge in [-0.3, -0.25) is 29.4 Å². The van der Waals surface area contributed by atoms with Crippen LogP contribution in [0.1, 0.15) is 96.5 Å². The Kier molecular flexibility index (Phi) is 16.1. The van der Waals surface area contributed by atoms with Crippen LogP contribution >= 0.6 is 0 Å². The van der Waals surface area contributed by atoms with Gasteiger partial charge in [0, 0.05) is 76.2 Å². The van der Waals surface area contributed by atoms with E-state index in [4.69, 9.17) is 23.6 Å². The molecule has 3 aromatic heterocycles. The number of hydrogen-bond acceptors (Lipinski definition) is 13. The molecule has 0 bridgehead atoms. The van der Waals surface area contributed by atoms with Gasteiger partial charge in [0.25, 0.3) is 5.91 Å². The third-order valence-corrected chi connectivity index (χ3v) is 15.5. The molecule has 3 aliphatic heterocycles. The molecular weight excluding hydrogens is 970 g/mol. The van der Waals surface area contributed by atoms with Crippen LogP contribution in [-0.2, 0) is 36.8 Å². The van der Waals surface area contributed by atoms with Crippen molar-refractivity contribution in [2.24, 2.45) is 5.41 Å². The van der Waals surface area contributed by atoms with Crippen LogP contribution in [-0.4, -0.2) is 148 Å². The quantitative estimate of drug-likeness (QED) is 0.0733. The summed E-state index contributed by atoms with van der Waals surface area (Å²) in [6.45, 7) is 16.8. The first-order valence-corrected chi connectivity index (χ1v) is 28.6. The number of carboxylic acids is 1. The van der Waals surface area contributed by atoms with Crippen molar-refractivity contribution in [1.82, 2.24) is 40.1 Å². The summed E-state index contributed by atoms with van der Waals surface area (Å²) in [7, 11) is -0.0196. The van der Waals surface area contributed by atoms with Gasteiger partial charge in [-0.05, 0) is 101 Å². The molecule has 4 atom stereocenters. The highest BCUT2D eigenvalue weighted by atomic mass is 28.3. The number of hydrazine groups is 1. The minimum Gasteiger partial charge on any atom is -0.480 e. The fourth-order valence-corrected chi connectivity index (χ4v) is 10.8. The molecule has 400 valence electrons. The standard InChI is InChI=1S/C51H71F3N8O10Si/c1-31(69-7)39-33(14-11-19-55-39)41-35(25-49(5,6)30-63)34-24-32(16-17-38(34)60(41)29-51(52,53)54)37-26-71-43(56-37)42(59-27-50(28-59)18-13-20-61(50)47(68)70-22-23-73(8,9)10)40(57-46(67)72-48(2,3)4)44(64)62-21-12-15-36(58-62)45(65)66/h11,14,16-17,19,24,26,31,36,40,42,58,63H,12-13,15,18,20-23,25,27-30H2,1-10H3,(H,57,67)(H,65,66)/t31-,36?,40-,42-/m0/s1. The molecule has 1 unspecified atom stereocenters. The van der Waals surface area contributed by atoms with Gasteiger partial charge in [-0.1, -0.05) is 39.6 Å². The fraction of sp³-hybridized carbons (Fsp3) is 0.608. The maximum atomic E-state index is 15.0. The average Bonchev–Trinajstić information content (AvgIpc) is 4.04. The normalized spacial score (nSPS) is 18.9. The second-order valence-electron chi connectivity index (χ2n) is 22.7. The molecule has 18 nitrogen and oxygen atoms in total. The van der Waals surface area contributed by atoms with Crippen molar-refractivity contribution >= 4 is 43.0 Å². The number of pyridine rings is 1. The van der Waals surface area contributed by atoms with Gasteiger partial charge < -0.3 is 38.7 Å². The summed E-state index contributed by atoms with van der Waals surface area (Å²) in [5, 5.41) is 24.9. The summed E-state index contributed by atoms with van der Waals surface area (Å²) in [6.07, 6.45) is -1.53. The lowest BCUT2D eigenvalue weighted by Crippen LogP contribution is -2.72. The maximum absolute atomic E-state index is 15.0. The summed E-state index contributed by atoms with van der Waals surface area (Å²) >= 11 is 0. The smallest absolute Gasteiger partial charge is 0.410 e. The molecule has 0 aliphatic carbocycles. The lowest BCUT2D eigenvalue weighted by atomic mass is 9.84. The summed E-state index contributed by atoms with van der Waals surface area (Å²) < 4.78 is 68.7. The first kappa shape index (κ1) is 55.2. The monoisotopic (exact) mass is 1040 g/mol. The number of carbonyl (C=O) groups is 4. The number of likely N-dealkylation sites (tertiary alicyclic amines) is 2. The molecule has 0 saturated carbocycles. The van der Waals surface area contributed by atoms with Gasteiger partial charge in [0.1, 0.15) is 42.2 Å². The number of halogens is 3. The van der Waals surface area contributed by atoms with Crippen LogP contribution in [0.15, 0.2) is 47.2 Å². The Bertz CT molecular complexity index is 2650. The lowest BCUT2D eigenvalue weighted by Gasteiger charge is -2.55. The number of aromatic nitrogens is 3. The van der Waals surface area contributed by atoms with Gasteiger partial charge >= 0.3 is 24.3 Å². The Balaban J connectivity index is 1.35. The fourth-order valence-electron chi connectivity index (χ4n) is 10.0. The third-order valence-electron chi connectivity index (χ3n) is 13.8. The summed E-state index contributed by atoms with van der Waals surface area (Å²) in [4.78, 5) is 67.8. The number of fused-ring (bicyclic) bond motifs is 1. The molecule has 1 spiro atoms. The minimum atomic E-state index is -4.63. The van der Waals surface area contributed by atoms with Crippen molar-refractivity contribution in [1.29, 1.82) is 0 Å². The highest BCUT2D eigenvalue weighted by molar-refractivity contribution is 6.76. The number of oxazole rings is 1. The van der Waals surface area contributed by atoms with E-state index in [2.05, 4.69) is 35.4 Å². The third kappa shape index (κ3) is 12.7. The molecule has 6 heterocycles. The van der Waals surface area contributed by atoms with Gasteiger partial charge in [-0.15, -0.1) is 0 Å². The Morgan fingerprint density at radius 1 is 1.05 bits per heavy atom. The van der Waals surface area contributed by atoms with E-state index >= 15 is 0 Å². The molecule has 0 radical (unpaired) electrons. The largest absolute Gasteiger partial charge is 0.480 e. The van der Waals surface area contributed by atoms with Crippen molar-refractivity contribution in [2.75, 3.05) is 46.5 Å².